The zero-order valence-corrected chi connectivity index (χ0v) is 11.9. The Hall–Kier alpha value is -1.11. The van der Waals surface area contributed by atoms with E-state index in [9.17, 15) is 8.42 Å². The molecule has 2 rings (SSSR count). The van der Waals surface area contributed by atoms with Gasteiger partial charge in [0, 0.05) is 11.9 Å². The van der Waals surface area contributed by atoms with Gasteiger partial charge in [0.05, 0.1) is 17.6 Å². The molecule has 2 aromatic rings. The van der Waals surface area contributed by atoms with Gasteiger partial charge in [-0.2, -0.15) is 0 Å². The lowest BCUT2D eigenvalue weighted by Crippen LogP contribution is -2.00. The van der Waals surface area contributed by atoms with Crippen LogP contribution in [0.2, 0.25) is 4.34 Å². The summed E-state index contributed by atoms with van der Waals surface area (Å²) in [7, 11) is -3.14. The zero-order chi connectivity index (χ0) is 13.2. The third-order valence-electron chi connectivity index (χ3n) is 2.25. The molecular formula is C11H11ClN2O2S2. The third kappa shape index (κ3) is 3.44. The van der Waals surface area contributed by atoms with Crippen molar-refractivity contribution in [2.45, 2.75) is 11.4 Å². The van der Waals surface area contributed by atoms with Gasteiger partial charge in [0.2, 0.25) is 0 Å². The summed E-state index contributed by atoms with van der Waals surface area (Å²) in [6.45, 7) is 0.565. The molecule has 1 heterocycles. The lowest BCUT2D eigenvalue weighted by atomic mass is 10.3. The number of thiazole rings is 1. The molecule has 0 saturated heterocycles. The normalized spacial score (nSPS) is 11.4. The summed E-state index contributed by atoms with van der Waals surface area (Å²) >= 11 is 7.18. The summed E-state index contributed by atoms with van der Waals surface area (Å²) in [6, 6.07) is 6.61. The highest BCUT2D eigenvalue weighted by molar-refractivity contribution is 7.90. The molecule has 7 heteroatoms. The van der Waals surface area contributed by atoms with Crippen molar-refractivity contribution in [2.75, 3.05) is 11.6 Å². The van der Waals surface area contributed by atoms with Crippen LogP contribution in [-0.4, -0.2) is 19.7 Å². The van der Waals surface area contributed by atoms with Crippen molar-refractivity contribution in [3.8, 4) is 0 Å². The summed E-state index contributed by atoms with van der Waals surface area (Å²) in [4.78, 5) is 4.43. The summed E-state index contributed by atoms with van der Waals surface area (Å²) in [6.07, 6.45) is 2.79. The van der Waals surface area contributed by atoms with Crippen LogP contribution in [0.3, 0.4) is 0 Å². The van der Waals surface area contributed by atoms with Gasteiger partial charge in [0.15, 0.2) is 9.84 Å². The van der Waals surface area contributed by atoms with Crippen molar-refractivity contribution in [1.29, 1.82) is 0 Å². The second kappa shape index (κ2) is 5.26. The fraction of sp³-hybridized carbons (Fsp3) is 0.182. The molecule has 0 saturated carbocycles. The number of hydrogen-bond donors (Lipinski definition) is 1. The number of nitrogens with one attached hydrogen (secondary N) is 1. The van der Waals surface area contributed by atoms with Gasteiger partial charge in [-0.05, 0) is 24.3 Å². The van der Waals surface area contributed by atoms with Crippen LogP contribution >= 0.6 is 22.9 Å². The Morgan fingerprint density at radius 2 is 2.00 bits per heavy atom. The van der Waals surface area contributed by atoms with Crippen LogP contribution in [0.5, 0.6) is 0 Å². The van der Waals surface area contributed by atoms with Gasteiger partial charge in [-0.15, -0.1) is 11.3 Å². The van der Waals surface area contributed by atoms with Crippen LogP contribution in [-0.2, 0) is 16.4 Å². The molecule has 0 fully saturated rings. The van der Waals surface area contributed by atoms with E-state index < -0.39 is 9.84 Å². The Morgan fingerprint density at radius 3 is 2.50 bits per heavy atom. The van der Waals surface area contributed by atoms with Crippen molar-refractivity contribution >= 4 is 38.5 Å². The highest BCUT2D eigenvalue weighted by Crippen LogP contribution is 2.20. The number of benzene rings is 1. The fourth-order valence-corrected chi connectivity index (χ4v) is 2.89. The Bertz CT molecular complexity index is 635. The van der Waals surface area contributed by atoms with Crippen molar-refractivity contribution in [3.05, 3.63) is 39.8 Å². The highest BCUT2D eigenvalue weighted by atomic mass is 35.5. The first kappa shape index (κ1) is 13.3. The maximum atomic E-state index is 11.3. The first-order valence-electron chi connectivity index (χ1n) is 5.09. The molecule has 0 aliphatic heterocycles. The third-order valence-corrected chi connectivity index (χ3v) is 4.49. The minimum atomic E-state index is -3.14. The smallest absolute Gasteiger partial charge is 0.175 e. The summed E-state index contributed by atoms with van der Waals surface area (Å²) < 4.78 is 23.2. The molecule has 0 amide bonds. The summed E-state index contributed by atoms with van der Waals surface area (Å²) in [5, 5.41) is 4.03. The van der Waals surface area contributed by atoms with Crippen LogP contribution in [0.25, 0.3) is 0 Å². The van der Waals surface area contributed by atoms with Crippen LogP contribution in [0.4, 0.5) is 5.69 Å². The van der Waals surface area contributed by atoms with Crippen LogP contribution in [0.1, 0.15) is 5.01 Å². The van der Waals surface area contributed by atoms with E-state index in [-0.39, 0.29) is 0 Å². The zero-order valence-electron chi connectivity index (χ0n) is 9.55. The van der Waals surface area contributed by atoms with Crippen molar-refractivity contribution < 1.29 is 8.42 Å². The molecule has 18 heavy (non-hydrogen) atoms. The van der Waals surface area contributed by atoms with E-state index >= 15 is 0 Å². The minimum Gasteiger partial charge on any atom is -0.379 e. The molecule has 0 atom stereocenters. The lowest BCUT2D eigenvalue weighted by molar-refractivity contribution is 0.602. The number of halogens is 1. The van der Waals surface area contributed by atoms with E-state index in [1.54, 1.807) is 30.5 Å². The second-order valence-corrected chi connectivity index (χ2v) is 7.47. The van der Waals surface area contributed by atoms with Gasteiger partial charge in [0.25, 0.3) is 0 Å². The number of nitrogens with zero attached hydrogens (tertiary/aromatic N) is 1. The largest absolute Gasteiger partial charge is 0.379 e. The van der Waals surface area contributed by atoms with E-state index in [2.05, 4.69) is 10.3 Å². The number of aromatic nitrogens is 1. The average molecular weight is 303 g/mol. The molecule has 4 nitrogen and oxygen atoms in total. The molecule has 0 unspecified atom stereocenters. The molecule has 0 aliphatic rings. The van der Waals surface area contributed by atoms with Crippen molar-refractivity contribution in [1.82, 2.24) is 4.98 Å². The average Bonchev–Trinajstić information content (AvgIpc) is 2.72. The van der Waals surface area contributed by atoms with Crippen LogP contribution in [0, 0.1) is 0 Å². The predicted octanol–water partition coefficient (Wildman–Crippen LogP) is 2.81. The van der Waals surface area contributed by atoms with Gasteiger partial charge in [-0.3, -0.25) is 0 Å². The molecule has 1 N–H and O–H groups in total. The summed E-state index contributed by atoms with van der Waals surface area (Å²) in [5.74, 6) is 0. The molecule has 0 spiro atoms. The molecule has 1 aromatic heterocycles. The summed E-state index contributed by atoms with van der Waals surface area (Å²) in [5.41, 5.74) is 0.841. The van der Waals surface area contributed by atoms with Crippen molar-refractivity contribution in [3.63, 3.8) is 0 Å². The van der Waals surface area contributed by atoms with Gasteiger partial charge in [-0.1, -0.05) is 11.6 Å². The van der Waals surface area contributed by atoms with E-state index in [1.807, 2.05) is 0 Å². The molecule has 0 radical (unpaired) electrons. The monoisotopic (exact) mass is 302 g/mol. The molecule has 0 bridgehead atoms. The number of hydrogen-bond acceptors (Lipinski definition) is 5. The van der Waals surface area contributed by atoms with Gasteiger partial charge >= 0.3 is 0 Å². The maximum Gasteiger partial charge on any atom is 0.175 e. The number of rotatable bonds is 4. The quantitative estimate of drug-likeness (QED) is 0.943. The Kier molecular flexibility index (Phi) is 3.89. The Balaban J connectivity index is 2.03. The predicted molar refractivity (Wildman–Crippen MR) is 74.0 cm³/mol. The van der Waals surface area contributed by atoms with Crippen LogP contribution < -0.4 is 5.32 Å². The Morgan fingerprint density at radius 1 is 1.33 bits per heavy atom. The lowest BCUT2D eigenvalue weighted by Gasteiger charge is -2.05. The molecule has 1 aromatic carbocycles. The topological polar surface area (TPSA) is 59.1 Å². The number of sulfone groups is 1. The molecule has 96 valence electrons. The Labute approximate surface area is 115 Å². The number of anilines is 1. The van der Waals surface area contributed by atoms with E-state index in [4.69, 9.17) is 11.6 Å². The van der Waals surface area contributed by atoms with Gasteiger partial charge in [0.1, 0.15) is 9.34 Å². The van der Waals surface area contributed by atoms with E-state index in [1.165, 1.54) is 17.6 Å². The van der Waals surface area contributed by atoms with E-state index in [0.717, 1.165) is 10.7 Å². The molecular weight excluding hydrogens is 292 g/mol. The molecule has 0 aliphatic carbocycles. The second-order valence-electron chi connectivity index (χ2n) is 3.71. The minimum absolute atomic E-state index is 0.311. The van der Waals surface area contributed by atoms with E-state index in [0.29, 0.717) is 15.8 Å². The van der Waals surface area contributed by atoms with Crippen LogP contribution in [0.15, 0.2) is 35.4 Å². The van der Waals surface area contributed by atoms with Gasteiger partial charge in [-0.25, -0.2) is 13.4 Å². The maximum absolute atomic E-state index is 11.3. The SMILES string of the molecule is CS(=O)(=O)c1ccc(NCc2ncc(Cl)s2)cc1. The highest BCUT2D eigenvalue weighted by Gasteiger charge is 2.06. The first-order valence-corrected chi connectivity index (χ1v) is 8.18. The first-order chi connectivity index (χ1) is 8.45. The fourth-order valence-electron chi connectivity index (χ4n) is 1.37. The van der Waals surface area contributed by atoms with Gasteiger partial charge < -0.3 is 5.32 Å². The standard InChI is InChI=1S/C11H11ClN2O2S2/c1-18(15,16)9-4-2-8(3-5-9)13-7-11-14-6-10(12)17-11/h2-6,13H,7H2,1H3. The van der Waals surface area contributed by atoms with Crippen molar-refractivity contribution in [2.24, 2.45) is 0 Å².